The largest absolute Gasteiger partial charge is 0.495 e. The van der Waals surface area contributed by atoms with E-state index in [2.05, 4.69) is 13.5 Å². The van der Waals surface area contributed by atoms with Crippen molar-refractivity contribution in [3.05, 3.63) is 19.3 Å². The normalized spacial score (nSPS) is 20.5. The average molecular weight is 139 g/mol. The van der Waals surface area contributed by atoms with Crippen LogP contribution in [0.15, 0.2) is 12.3 Å². The van der Waals surface area contributed by atoms with Crippen LogP contribution in [0.4, 0.5) is 0 Å². The molecule has 10 heavy (non-hydrogen) atoms. The summed E-state index contributed by atoms with van der Waals surface area (Å²) >= 11 is 0. The number of ether oxygens (including phenoxy) is 1. The first kappa shape index (κ1) is 7.64. The molecule has 0 aliphatic heterocycles. The molecule has 57 valence electrons. The fraction of sp³-hybridized carbons (Fsp3) is 0.667. The van der Waals surface area contributed by atoms with Gasteiger partial charge in [-0.1, -0.05) is 13.0 Å². The average Bonchev–Trinajstić information content (AvgIpc) is 1.88. The topological polar surface area (TPSA) is 9.23 Å². The lowest BCUT2D eigenvalue weighted by atomic mass is 9.98. The molecule has 0 unspecified atom stereocenters. The van der Waals surface area contributed by atoms with E-state index >= 15 is 0 Å². The Bertz CT molecular complexity index is 112. The number of allylic oxidation sites excluding steroid dienone is 1. The van der Waals surface area contributed by atoms with Crippen molar-refractivity contribution >= 4 is 0 Å². The van der Waals surface area contributed by atoms with Gasteiger partial charge in [0.15, 0.2) is 0 Å². The van der Waals surface area contributed by atoms with Crippen molar-refractivity contribution in [1.29, 1.82) is 0 Å². The highest BCUT2D eigenvalue weighted by molar-refractivity contribution is 4.87. The summed E-state index contributed by atoms with van der Waals surface area (Å²) in [5.74, 6) is 0.617. The quantitative estimate of drug-likeness (QED) is 0.534. The molecule has 0 bridgehead atoms. The summed E-state index contributed by atoms with van der Waals surface area (Å²) in [5.41, 5.74) is 0. The molecule has 1 rings (SSSR count). The zero-order valence-electron chi connectivity index (χ0n) is 6.44. The van der Waals surface area contributed by atoms with Gasteiger partial charge >= 0.3 is 0 Å². The Morgan fingerprint density at radius 2 is 1.80 bits per heavy atom. The van der Waals surface area contributed by atoms with Crippen LogP contribution in [0.2, 0.25) is 0 Å². The molecule has 0 spiro atoms. The third-order valence-corrected chi connectivity index (χ3v) is 1.89. The van der Waals surface area contributed by atoms with Crippen molar-refractivity contribution < 1.29 is 4.74 Å². The molecule has 0 atom stereocenters. The highest BCUT2D eigenvalue weighted by Gasteiger charge is 2.13. The Kier molecular flexibility index (Phi) is 2.79. The van der Waals surface area contributed by atoms with Gasteiger partial charge in [0.2, 0.25) is 0 Å². The van der Waals surface area contributed by atoms with E-state index in [1.807, 2.05) is 0 Å². The van der Waals surface area contributed by atoms with E-state index in [0.717, 1.165) is 0 Å². The molecule has 1 fully saturated rings. The van der Waals surface area contributed by atoms with Crippen LogP contribution in [-0.4, -0.2) is 6.10 Å². The molecule has 0 aromatic rings. The van der Waals surface area contributed by atoms with Gasteiger partial charge < -0.3 is 4.74 Å². The van der Waals surface area contributed by atoms with Crippen molar-refractivity contribution in [3.63, 3.8) is 0 Å². The van der Waals surface area contributed by atoms with Crippen LogP contribution >= 0.6 is 0 Å². The Labute approximate surface area is 63.1 Å². The molecule has 1 nitrogen and oxygen atoms in total. The van der Waals surface area contributed by atoms with Gasteiger partial charge in [-0.2, -0.15) is 0 Å². The predicted octanol–water partition coefficient (Wildman–Crippen LogP) is 2.68. The molecule has 0 aromatic heterocycles. The highest BCUT2D eigenvalue weighted by atomic mass is 16.5. The van der Waals surface area contributed by atoms with Crippen LogP contribution in [0.25, 0.3) is 0 Å². The first-order valence-electron chi connectivity index (χ1n) is 3.96. The van der Waals surface area contributed by atoms with Gasteiger partial charge in [-0.25, -0.2) is 0 Å². The summed E-state index contributed by atoms with van der Waals surface area (Å²) in [6.45, 7) is 7.23. The first-order chi connectivity index (χ1) is 4.79. The van der Waals surface area contributed by atoms with Crippen molar-refractivity contribution in [3.8, 4) is 0 Å². The van der Waals surface area contributed by atoms with Crippen molar-refractivity contribution in [2.45, 2.75) is 38.2 Å². The molecular weight excluding hydrogens is 124 g/mol. The summed E-state index contributed by atoms with van der Waals surface area (Å²) in [6, 6.07) is 0. The summed E-state index contributed by atoms with van der Waals surface area (Å²) in [7, 11) is 0. The fourth-order valence-corrected chi connectivity index (χ4v) is 1.42. The third-order valence-electron chi connectivity index (χ3n) is 1.89. The second-order valence-electron chi connectivity index (χ2n) is 2.92. The number of hydrogen-bond donors (Lipinski definition) is 0. The Morgan fingerprint density at radius 1 is 1.20 bits per heavy atom. The minimum atomic E-state index is 0.416. The van der Waals surface area contributed by atoms with Crippen LogP contribution in [0.3, 0.4) is 0 Å². The summed E-state index contributed by atoms with van der Waals surface area (Å²) in [4.78, 5) is 0. The fourth-order valence-electron chi connectivity index (χ4n) is 1.42. The number of rotatable bonds is 2. The van der Waals surface area contributed by atoms with Crippen LogP contribution in [-0.2, 0) is 4.74 Å². The van der Waals surface area contributed by atoms with Gasteiger partial charge in [-0.15, -0.1) is 0 Å². The van der Waals surface area contributed by atoms with Crippen molar-refractivity contribution in [2.75, 3.05) is 0 Å². The van der Waals surface area contributed by atoms with E-state index in [9.17, 15) is 0 Å². The maximum absolute atomic E-state index is 5.39. The maximum Gasteiger partial charge on any atom is 0.0982 e. The van der Waals surface area contributed by atoms with Crippen LogP contribution < -0.4 is 0 Å². The van der Waals surface area contributed by atoms with E-state index in [0.29, 0.717) is 11.9 Å². The molecule has 1 heteroatoms. The van der Waals surface area contributed by atoms with E-state index in [4.69, 9.17) is 4.74 Å². The molecule has 0 saturated heterocycles. The van der Waals surface area contributed by atoms with Gasteiger partial charge in [0.1, 0.15) is 0 Å². The highest BCUT2D eigenvalue weighted by Crippen LogP contribution is 2.21. The second kappa shape index (κ2) is 3.65. The van der Waals surface area contributed by atoms with E-state index in [1.54, 1.807) is 0 Å². The van der Waals surface area contributed by atoms with Crippen molar-refractivity contribution in [2.24, 2.45) is 0 Å². The molecule has 0 amide bonds. The second-order valence-corrected chi connectivity index (χ2v) is 2.92. The van der Waals surface area contributed by atoms with E-state index in [1.165, 1.54) is 32.1 Å². The van der Waals surface area contributed by atoms with Crippen molar-refractivity contribution in [1.82, 2.24) is 0 Å². The van der Waals surface area contributed by atoms with E-state index in [-0.39, 0.29) is 0 Å². The lowest BCUT2D eigenvalue weighted by molar-refractivity contribution is 0.0903. The first-order valence-corrected chi connectivity index (χ1v) is 3.96. The van der Waals surface area contributed by atoms with Crippen LogP contribution in [0.5, 0.6) is 0 Å². The molecule has 0 heterocycles. The standard InChI is InChI=1S/C9H15O/c1-8(2)10-9-6-4-3-5-7-9/h9H,1-7H2. The van der Waals surface area contributed by atoms with E-state index < -0.39 is 0 Å². The molecule has 1 radical (unpaired) electrons. The summed E-state index contributed by atoms with van der Waals surface area (Å²) in [5, 5.41) is 0. The lowest BCUT2D eigenvalue weighted by Crippen LogP contribution is -2.15. The SMILES string of the molecule is [CH2]C(=C)OC1CCCCC1. The smallest absolute Gasteiger partial charge is 0.0982 e. The monoisotopic (exact) mass is 139 g/mol. The molecule has 1 aliphatic rings. The minimum absolute atomic E-state index is 0.416. The van der Waals surface area contributed by atoms with Gasteiger partial charge in [0, 0.05) is 6.92 Å². The van der Waals surface area contributed by atoms with Crippen LogP contribution in [0.1, 0.15) is 32.1 Å². The molecular formula is C9H15O. The zero-order valence-corrected chi connectivity index (χ0v) is 6.44. The molecule has 0 aromatic carbocycles. The Balaban J connectivity index is 2.19. The summed E-state index contributed by atoms with van der Waals surface area (Å²) < 4.78 is 5.39. The Hall–Kier alpha value is -0.460. The third kappa shape index (κ3) is 2.42. The van der Waals surface area contributed by atoms with Gasteiger partial charge in [0.25, 0.3) is 0 Å². The molecule has 1 saturated carbocycles. The Morgan fingerprint density at radius 3 is 2.30 bits per heavy atom. The zero-order chi connectivity index (χ0) is 7.40. The maximum atomic E-state index is 5.39. The minimum Gasteiger partial charge on any atom is -0.495 e. The number of hydrogen-bond acceptors (Lipinski definition) is 1. The summed E-state index contributed by atoms with van der Waals surface area (Å²) in [6.07, 6.45) is 6.77. The molecule has 0 N–H and O–H groups in total. The van der Waals surface area contributed by atoms with Gasteiger partial charge in [-0.3, -0.25) is 0 Å². The predicted molar refractivity (Wildman–Crippen MR) is 42.5 cm³/mol. The lowest BCUT2D eigenvalue weighted by Gasteiger charge is -2.22. The van der Waals surface area contributed by atoms with Gasteiger partial charge in [0.05, 0.1) is 11.9 Å². The van der Waals surface area contributed by atoms with Crippen LogP contribution in [0, 0.1) is 6.92 Å². The van der Waals surface area contributed by atoms with Gasteiger partial charge in [-0.05, 0) is 25.7 Å². The molecule has 1 aliphatic carbocycles.